The number of halogens is 2. The molecule has 1 unspecified atom stereocenters. The van der Waals surface area contributed by atoms with Gasteiger partial charge in [0.05, 0.1) is 0 Å². The monoisotopic (exact) mass is 297 g/mol. The summed E-state index contributed by atoms with van der Waals surface area (Å²) in [6.07, 6.45) is 0. The van der Waals surface area contributed by atoms with E-state index in [0.29, 0.717) is 12.5 Å². The summed E-state index contributed by atoms with van der Waals surface area (Å²) in [6.45, 7) is 9.99. The molecule has 1 saturated heterocycles. The minimum Gasteiger partial charge on any atom is -0.323 e. The lowest BCUT2D eigenvalue weighted by Crippen LogP contribution is -2.49. The van der Waals surface area contributed by atoms with Crippen molar-refractivity contribution in [3.63, 3.8) is 0 Å². The highest BCUT2D eigenvalue weighted by atomic mass is 19.2. The van der Waals surface area contributed by atoms with Crippen LogP contribution in [0.1, 0.15) is 25.5 Å². The van der Waals surface area contributed by atoms with Gasteiger partial charge in [0.2, 0.25) is 0 Å². The molecule has 0 spiro atoms. The van der Waals surface area contributed by atoms with Crippen molar-refractivity contribution in [3.8, 4) is 0 Å². The van der Waals surface area contributed by atoms with Crippen LogP contribution in [0.25, 0.3) is 0 Å². The van der Waals surface area contributed by atoms with Crippen molar-refractivity contribution in [3.05, 3.63) is 35.4 Å². The first kappa shape index (κ1) is 16.3. The Labute approximate surface area is 125 Å². The number of rotatable bonds is 5. The van der Waals surface area contributed by atoms with E-state index in [1.165, 1.54) is 6.07 Å². The van der Waals surface area contributed by atoms with Gasteiger partial charge in [-0.3, -0.25) is 4.90 Å². The molecule has 1 aliphatic heterocycles. The lowest BCUT2D eigenvalue weighted by atomic mass is 10.1. The largest absolute Gasteiger partial charge is 0.323 e. The van der Waals surface area contributed by atoms with Gasteiger partial charge in [-0.05, 0) is 12.0 Å². The molecular weight excluding hydrogens is 272 g/mol. The van der Waals surface area contributed by atoms with Crippen molar-refractivity contribution in [2.75, 3.05) is 39.3 Å². The first-order chi connectivity index (χ1) is 9.97. The van der Waals surface area contributed by atoms with Gasteiger partial charge in [0, 0.05) is 50.9 Å². The van der Waals surface area contributed by atoms with E-state index >= 15 is 0 Å². The van der Waals surface area contributed by atoms with Crippen LogP contribution >= 0.6 is 0 Å². The van der Waals surface area contributed by atoms with Gasteiger partial charge in [-0.15, -0.1) is 0 Å². The number of nitrogens with zero attached hydrogens (tertiary/aromatic N) is 2. The maximum atomic E-state index is 13.7. The third-order valence-corrected chi connectivity index (χ3v) is 3.92. The highest BCUT2D eigenvalue weighted by Gasteiger charge is 2.21. The molecule has 1 aliphatic rings. The van der Waals surface area contributed by atoms with E-state index in [-0.39, 0.29) is 5.56 Å². The van der Waals surface area contributed by atoms with Gasteiger partial charge in [0.1, 0.15) is 0 Å². The molecular formula is C16H25F2N3. The van der Waals surface area contributed by atoms with E-state index < -0.39 is 17.7 Å². The van der Waals surface area contributed by atoms with Crippen LogP contribution in [0.15, 0.2) is 18.2 Å². The lowest BCUT2D eigenvalue weighted by molar-refractivity contribution is 0.117. The van der Waals surface area contributed by atoms with E-state index in [1.54, 1.807) is 6.07 Å². The van der Waals surface area contributed by atoms with Crippen molar-refractivity contribution >= 4 is 0 Å². The van der Waals surface area contributed by atoms with Crippen molar-refractivity contribution in [2.24, 2.45) is 11.7 Å². The fourth-order valence-corrected chi connectivity index (χ4v) is 2.85. The Morgan fingerprint density at radius 1 is 1.05 bits per heavy atom. The first-order valence-electron chi connectivity index (χ1n) is 7.61. The lowest BCUT2D eigenvalue weighted by Gasteiger charge is -2.36. The summed E-state index contributed by atoms with van der Waals surface area (Å²) < 4.78 is 27.0. The van der Waals surface area contributed by atoms with E-state index in [4.69, 9.17) is 5.73 Å². The topological polar surface area (TPSA) is 32.5 Å². The van der Waals surface area contributed by atoms with Crippen molar-refractivity contribution in [1.82, 2.24) is 9.80 Å². The number of hydrogen-bond acceptors (Lipinski definition) is 3. The molecule has 5 heteroatoms. The Balaban J connectivity index is 1.87. The SMILES string of the molecule is CC(C)CN1CCN(CC(N)c2cccc(F)c2F)CC1. The Morgan fingerprint density at radius 3 is 2.19 bits per heavy atom. The van der Waals surface area contributed by atoms with Gasteiger partial charge < -0.3 is 10.6 Å². The summed E-state index contributed by atoms with van der Waals surface area (Å²) in [5.74, 6) is -0.978. The van der Waals surface area contributed by atoms with E-state index in [2.05, 4.69) is 23.6 Å². The molecule has 1 atom stereocenters. The molecule has 1 aromatic carbocycles. The maximum absolute atomic E-state index is 13.7. The van der Waals surface area contributed by atoms with Crippen molar-refractivity contribution < 1.29 is 8.78 Å². The number of benzene rings is 1. The molecule has 0 radical (unpaired) electrons. The molecule has 3 nitrogen and oxygen atoms in total. The van der Waals surface area contributed by atoms with Crippen LogP contribution in [-0.4, -0.2) is 49.1 Å². The van der Waals surface area contributed by atoms with Crippen LogP contribution < -0.4 is 5.73 Å². The van der Waals surface area contributed by atoms with Gasteiger partial charge in [0.15, 0.2) is 11.6 Å². The predicted molar refractivity (Wildman–Crippen MR) is 81.0 cm³/mol. The normalized spacial score (nSPS) is 19.1. The second-order valence-electron chi connectivity index (χ2n) is 6.24. The van der Waals surface area contributed by atoms with Gasteiger partial charge in [0.25, 0.3) is 0 Å². The van der Waals surface area contributed by atoms with Gasteiger partial charge >= 0.3 is 0 Å². The molecule has 0 amide bonds. The average Bonchev–Trinajstić information content (AvgIpc) is 2.43. The molecule has 1 fully saturated rings. The minimum absolute atomic E-state index is 0.264. The number of nitrogens with two attached hydrogens (primary N) is 1. The van der Waals surface area contributed by atoms with Gasteiger partial charge in [-0.1, -0.05) is 26.0 Å². The highest BCUT2D eigenvalue weighted by Crippen LogP contribution is 2.19. The molecule has 21 heavy (non-hydrogen) atoms. The zero-order chi connectivity index (χ0) is 15.4. The number of piperazine rings is 1. The summed E-state index contributed by atoms with van der Waals surface area (Å²) >= 11 is 0. The molecule has 0 bridgehead atoms. The molecule has 0 aliphatic carbocycles. The van der Waals surface area contributed by atoms with Crippen LogP contribution in [0, 0.1) is 17.6 Å². The van der Waals surface area contributed by atoms with Crippen LogP contribution in [0.4, 0.5) is 8.78 Å². The van der Waals surface area contributed by atoms with Gasteiger partial charge in [-0.25, -0.2) is 8.78 Å². The van der Waals surface area contributed by atoms with Crippen LogP contribution in [0.2, 0.25) is 0 Å². The average molecular weight is 297 g/mol. The number of hydrogen-bond donors (Lipinski definition) is 1. The summed E-state index contributed by atoms with van der Waals surface area (Å²) in [7, 11) is 0. The Hall–Kier alpha value is -1.04. The summed E-state index contributed by atoms with van der Waals surface area (Å²) in [4.78, 5) is 4.67. The Bertz CT molecular complexity index is 457. The molecule has 1 heterocycles. The Morgan fingerprint density at radius 2 is 1.62 bits per heavy atom. The highest BCUT2D eigenvalue weighted by molar-refractivity contribution is 5.22. The smallest absolute Gasteiger partial charge is 0.163 e. The van der Waals surface area contributed by atoms with Crippen molar-refractivity contribution in [1.29, 1.82) is 0 Å². The zero-order valence-corrected chi connectivity index (χ0v) is 12.9. The molecule has 0 aromatic heterocycles. The molecule has 0 saturated carbocycles. The molecule has 2 N–H and O–H groups in total. The summed E-state index contributed by atoms with van der Waals surface area (Å²) in [5, 5.41) is 0. The standard InChI is InChI=1S/C16H25F2N3/c1-12(2)10-20-6-8-21(9-7-20)11-15(19)13-4-3-5-14(17)16(13)18/h3-5,12,15H,6-11,19H2,1-2H3. The van der Waals surface area contributed by atoms with Crippen LogP contribution in [0.3, 0.4) is 0 Å². The van der Waals surface area contributed by atoms with E-state index in [1.807, 2.05) is 0 Å². The quantitative estimate of drug-likeness (QED) is 0.904. The van der Waals surface area contributed by atoms with Gasteiger partial charge in [-0.2, -0.15) is 0 Å². The summed E-state index contributed by atoms with van der Waals surface area (Å²) in [6, 6.07) is 3.71. The second-order valence-corrected chi connectivity index (χ2v) is 6.24. The van der Waals surface area contributed by atoms with E-state index in [9.17, 15) is 8.78 Å². The van der Waals surface area contributed by atoms with Crippen LogP contribution in [0.5, 0.6) is 0 Å². The molecule has 118 valence electrons. The minimum atomic E-state index is -0.829. The third kappa shape index (κ3) is 4.46. The zero-order valence-electron chi connectivity index (χ0n) is 12.9. The van der Waals surface area contributed by atoms with E-state index in [0.717, 1.165) is 38.8 Å². The molecule has 1 aromatic rings. The Kier molecular flexibility index (Phi) is 5.67. The summed E-state index contributed by atoms with van der Waals surface area (Å²) in [5.41, 5.74) is 6.31. The fraction of sp³-hybridized carbons (Fsp3) is 0.625. The maximum Gasteiger partial charge on any atom is 0.163 e. The second kappa shape index (κ2) is 7.29. The molecule has 2 rings (SSSR count). The predicted octanol–water partition coefficient (Wildman–Crippen LogP) is 2.24. The first-order valence-corrected chi connectivity index (χ1v) is 7.61. The van der Waals surface area contributed by atoms with Crippen molar-refractivity contribution in [2.45, 2.75) is 19.9 Å². The third-order valence-electron chi connectivity index (χ3n) is 3.92. The fourth-order valence-electron chi connectivity index (χ4n) is 2.85. The van der Waals surface area contributed by atoms with Crippen LogP contribution in [-0.2, 0) is 0 Å².